The molecule has 0 aromatic carbocycles. The molecule has 49 heavy (non-hydrogen) atoms. The molecule has 14 atom stereocenters. The van der Waals surface area contributed by atoms with Crippen LogP contribution in [0.4, 0.5) is 0 Å². The minimum atomic E-state index is -1.51. The number of nitrogens with one attached hydrogen (secondary N) is 1. The zero-order valence-electron chi connectivity index (χ0n) is 28.9. The van der Waals surface area contributed by atoms with Gasteiger partial charge in [0, 0.05) is 13.1 Å². The Morgan fingerprint density at radius 2 is 1.61 bits per heavy atom. The Labute approximate surface area is 288 Å². The van der Waals surface area contributed by atoms with Crippen LogP contribution in [0.3, 0.4) is 0 Å². The number of amides is 2. The lowest BCUT2D eigenvalue weighted by Gasteiger charge is -2.49. The van der Waals surface area contributed by atoms with Crippen molar-refractivity contribution in [2.75, 3.05) is 26.2 Å². The molecule has 2 aliphatic carbocycles. The number of carbonyl (C=O) groups is 2. The van der Waals surface area contributed by atoms with Crippen molar-refractivity contribution in [3.05, 3.63) is 0 Å². The fourth-order valence-corrected chi connectivity index (χ4v) is 8.06. The summed E-state index contributed by atoms with van der Waals surface area (Å²) >= 11 is 0. The van der Waals surface area contributed by atoms with E-state index in [1.54, 1.807) is 11.8 Å². The van der Waals surface area contributed by atoms with Gasteiger partial charge < -0.3 is 65.2 Å². The van der Waals surface area contributed by atoms with E-state index in [0.29, 0.717) is 32.4 Å². The molecule has 5 aliphatic rings. The molecule has 15 heteroatoms. The van der Waals surface area contributed by atoms with Crippen molar-refractivity contribution in [1.29, 1.82) is 0 Å². The highest BCUT2D eigenvalue weighted by molar-refractivity contribution is 5.81. The van der Waals surface area contributed by atoms with E-state index in [4.69, 9.17) is 29.4 Å². The normalized spacial score (nSPS) is 41.1. The van der Waals surface area contributed by atoms with E-state index in [1.165, 1.54) is 0 Å². The zero-order valence-corrected chi connectivity index (χ0v) is 28.9. The van der Waals surface area contributed by atoms with Gasteiger partial charge in [-0.3, -0.25) is 9.59 Å². The quantitative estimate of drug-likeness (QED) is 0.126. The van der Waals surface area contributed by atoms with Gasteiger partial charge in [-0.05, 0) is 44.4 Å². The van der Waals surface area contributed by atoms with Crippen molar-refractivity contribution >= 4 is 11.8 Å². The first kappa shape index (κ1) is 38.7. The minimum Gasteiger partial charge on any atom is -0.394 e. The lowest BCUT2D eigenvalue weighted by Crippen LogP contribution is -2.68. The van der Waals surface area contributed by atoms with Crippen molar-refractivity contribution in [3.63, 3.8) is 0 Å². The predicted molar refractivity (Wildman–Crippen MR) is 174 cm³/mol. The largest absolute Gasteiger partial charge is 0.394 e. The summed E-state index contributed by atoms with van der Waals surface area (Å²) in [5.74, 6) is -0.456. The van der Waals surface area contributed by atoms with Gasteiger partial charge in [-0.1, -0.05) is 51.9 Å². The maximum atomic E-state index is 13.7. The highest BCUT2D eigenvalue weighted by Gasteiger charge is 2.52. The molecular formula is C34H59N3O12. The minimum absolute atomic E-state index is 0.0326. The van der Waals surface area contributed by atoms with Gasteiger partial charge >= 0.3 is 0 Å². The lowest BCUT2D eigenvalue weighted by molar-refractivity contribution is -0.337. The molecular weight excluding hydrogens is 642 g/mol. The number of carbonyl (C=O) groups excluding carboxylic acids is 2. The summed E-state index contributed by atoms with van der Waals surface area (Å²) in [6.07, 6.45) is -4.01. The van der Waals surface area contributed by atoms with Crippen LogP contribution in [-0.2, 0) is 33.3 Å². The number of rotatable bonds is 13. The number of hydrogen-bond donors (Lipinski definition) is 7. The molecule has 0 aromatic rings. The number of aliphatic hydroxyl groups is 5. The third-order valence-corrected chi connectivity index (χ3v) is 11.2. The van der Waals surface area contributed by atoms with Crippen LogP contribution in [0.25, 0.3) is 0 Å². The third-order valence-electron chi connectivity index (χ3n) is 11.2. The van der Waals surface area contributed by atoms with Crippen molar-refractivity contribution in [1.82, 2.24) is 10.2 Å². The first-order valence-corrected chi connectivity index (χ1v) is 18.4. The Hall–Kier alpha value is -1.50. The monoisotopic (exact) mass is 701 g/mol. The molecule has 5 unspecified atom stereocenters. The summed E-state index contributed by atoms with van der Waals surface area (Å²) in [5, 5.41) is 56.0. The molecule has 0 aromatic heterocycles. The van der Waals surface area contributed by atoms with E-state index < -0.39 is 92.2 Å². The van der Waals surface area contributed by atoms with Crippen molar-refractivity contribution < 1.29 is 58.8 Å². The first-order chi connectivity index (χ1) is 23.6. The van der Waals surface area contributed by atoms with Crippen LogP contribution >= 0.6 is 0 Å². The molecule has 3 aliphatic heterocycles. The van der Waals surface area contributed by atoms with Gasteiger partial charge in [-0.2, -0.15) is 0 Å². The Balaban J connectivity index is 1.40. The van der Waals surface area contributed by atoms with E-state index in [1.807, 2.05) is 6.92 Å². The number of likely N-dealkylation sites (tertiary alicyclic amines) is 1. The fourth-order valence-electron chi connectivity index (χ4n) is 8.06. The smallest absolute Gasteiger partial charge is 0.251 e. The molecule has 282 valence electrons. The second kappa shape index (κ2) is 17.8. The maximum Gasteiger partial charge on any atom is 0.251 e. The molecule has 8 N–H and O–H groups in total. The molecule has 5 rings (SSSR count). The number of ether oxygens (including phenoxy) is 5. The predicted octanol–water partition coefficient (Wildman–Crippen LogP) is -0.727. The van der Waals surface area contributed by atoms with E-state index in [-0.39, 0.29) is 24.3 Å². The van der Waals surface area contributed by atoms with Crippen LogP contribution in [0.15, 0.2) is 0 Å². The lowest BCUT2D eigenvalue weighted by atomic mass is 9.82. The topological polar surface area (TPSA) is 223 Å². The highest BCUT2D eigenvalue weighted by atomic mass is 16.7. The summed E-state index contributed by atoms with van der Waals surface area (Å²) in [7, 11) is 0. The summed E-state index contributed by atoms with van der Waals surface area (Å²) in [5.41, 5.74) is 5.70. The molecule has 5 fully saturated rings. The Morgan fingerprint density at radius 3 is 2.24 bits per heavy atom. The van der Waals surface area contributed by atoms with Crippen molar-refractivity contribution in [2.24, 2.45) is 17.6 Å². The number of nitrogens with zero attached hydrogens (tertiary/aromatic N) is 1. The molecule has 3 heterocycles. The average molecular weight is 702 g/mol. The number of hydrogen-bond acceptors (Lipinski definition) is 13. The summed E-state index contributed by atoms with van der Waals surface area (Å²) in [4.78, 5) is 28.3. The molecule has 2 amide bonds. The number of aliphatic hydroxyl groups excluding tert-OH is 5. The highest BCUT2D eigenvalue weighted by Crippen LogP contribution is 2.38. The zero-order chi connectivity index (χ0) is 35.2. The molecule has 15 nitrogen and oxygen atoms in total. The Bertz CT molecular complexity index is 1060. The van der Waals surface area contributed by atoms with Crippen LogP contribution in [0.1, 0.15) is 84.5 Å². The second-order valence-corrected chi connectivity index (χ2v) is 14.6. The second-order valence-electron chi connectivity index (χ2n) is 14.6. The Kier molecular flexibility index (Phi) is 14.1. The van der Waals surface area contributed by atoms with Crippen molar-refractivity contribution in [3.8, 4) is 0 Å². The summed E-state index contributed by atoms with van der Waals surface area (Å²) < 4.78 is 31.4. The van der Waals surface area contributed by atoms with E-state index in [0.717, 1.165) is 51.4 Å². The van der Waals surface area contributed by atoms with Gasteiger partial charge in [0.15, 0.2) is 12.6 Å². The van der Waals surface area contributed by atoms with Gasteiger partial charge in [0.05, 0.1) is 31.5 Å². The van der Waals surface area contributed by atoms with Crippen LogP contribution in [-0.4, -0.2) is 148 Å². The molecule has 2 saturated carbocycles. The average Bonchev–Trinajstić information content (AvgIpc) is 3.08. The summed E-state index contributed by atoms with van der Waals surface area (Å²) in [6, 6.07) is -1.11. The van der Waals surface area contributed by atoms with Crippen molar-refractivity contribution in [2.45, 2.75) is 164 Å². The fraction of sp³-hybridized carbons (Fsp3) is 0.941. The van der Waals surface area contributed by atoms with Crippen LogP contribution < -0.4 is 11.1 Å². The van der Waals surface area contributed by atoms with Gasteiger partial charge in [0.25, 0.3) is 5.91 Å². The van der Waals surface area contributed by atoms with Gasteiger partial charge in [0.2, 0.25) is 5.91 Å². The van der Waals surface area contributed by atoms with Crippen LogP contribution in [0.5, 0.6) is 0 Å². The molecule has 0 spiro atoms. The third kappa shape index (κ3) is 9.12. The first-order valence-electron chi connectivity index (χ1n) is 18.4. The SMILES string of the molecule is CCC1CCC[C@@H](O[C@@H]2O[C@@H](CO)[C@H](O)C(O[C@@H](CC3CCCCC3)C(=O)N3CCC3)C2NC(=O)CN)[C@@H]1O[C@@H]1OC(C)[C@@H](O)[C@H](O)C1O. The van der Waals surface area contributed by atoms with E-state index >= 15 is 0 Å². The number of nitrogens with two attached hydrogens (primary N) is 1. The van der Waals surface area contributed by atoms with E-state index in [9.17, 15) is 35.1 Å². The molecule has 3 saturated heterocycles. The van der Waals surface area contributed by atoms with Gasteiger partial charge in [0.1, 0.15) is 48.8 Å². The molecule has 0 radical (unpaired) electrons. The van der Waals surface area contributed by atoms with Crippen LogP contribution in [0.2, 0.25) is 0 Å². The van der Waals surface area contributed by atoms with E-state index in [2.05, 4.69) is 5.32 Å². The summed E-state index contributed by atoms with van der Waals surface area (Å²) in [6.45, 7) is 3.92. The Morgan fingerprint density at radius 1 is 0.878 bits per heavy atom. The molecule has 0 bridgehead atoms. The standard InChI is InChI=1S/C34H59N3O12/c1-3-20-11-7-12-21(30(20)49-34-29(43)28(42)26(40)18(2)45-34)47-33-25(36-24(39)16-35)31(27(41)23(17-38)48-33)46-22(32(44)37-13-8-14-37)15-19-9-5-4-6-10-19/h18-23,25-31,33-34,38,40-43H,3-17,35H2,1-2H3,(H,36,39)/t18?,20?,21-,22+,23+,25?,26-,27+,28+,29?,30-,31?,33-,34+/m1/s1. The van der Waals surface area contributed by atoms with Gasteiger partial charge in [-0.15, -0.1) is 0 Å². The van der Waals surface area contributed by atoms with Gasteiger partial charge in [-0.25, -0.2) is 0 Å². The van der Waals surface area contributed by atoms with Crippen LogP contribution in [0, 0.1) is 11.8 Å². The maximum absolute atomic E-state index is 13.7.